The van der Waals surface area contributed by atoms with E-state index in [-0.39, 0.29) is 30.1 Å². The highest BCUT2D eigenvalue weighted by molar-refractivity contribution is 6.07. The molecule has 0 atom stereocenters. The second kappa shape index (κ2) is 6.82. The lowest BCUT2D eigenvalue weighted by molar-refractivity contribution is -0.147. The van der Waals surface area contributed by atoms with Gasteiger partial charge in [0.1, 0.15) is 11.2 Å². The molecule has 25 heavy (non-hydrogen) atoms. The largest absolute Gasteiger partial charge is 0.351 e. The van der Waals surface area contributed by atoms with E-state index in [0.717, 1.165) is 0 Å². The van der Waals surface area contributed by atoms with Crippen LogP contribution in [0.4, 0.5) is 4.39 Å². The number of rotatable bonds is 4. The lowest BCUT2D eigenvalue weighted by Gasteiger charge is -2.35. The summed E-state index contributed by atoms with van der Waals surface area (Å²) in [5.41, 5.74) is -0.613. The smallest absolute Gasteiger partial charge is 0.238 e. The number of amides is 3. The summed E-state index contributed by atoms with van der Waals surface area (Å²) in [5, 5.41) is 2.70. The molecule has 2 fully saturated rings. The molecule has 1 saturated heterocycles. The molecule has 2 aliphatic rings. The minimum atomic E-state index is -1.01. The molecule has 1 N–H and O–H groups in total. The monoisotopic (exact) mass is 347 g/mol. The maximum absolute atomic E-state index is 13.6. The molecule has 0 spiro atoms. The van der Waals surface area contributed by atoms with Gasteiger partial charge >= 0.3 is 0 Å². The second-order valence-corrected chi connectivity index (χ2v) is 6.65. The summed E-state index contributed by atoms with van der Waals surface area (Å²) in [7, 11) is 0. The van der Waals surface area contributed by atoms with E-state index >= 15 is 0 Å². The summed E-state index contributed by atoms with van der Waals surface area (Å²) < 4.78 is 13.6. The number of halogens is 1. The van der Waals surface area contributed by atoms with Crippen LogP contribution in [0.15, 0.2) is 24.3 Å². The topological polar surface area (TPSA) is 69.7 Å². The molecule has 0 bridgehead atoms. The fraction of sp³-hybridized carbons (Fsp3) is 0.500. The van der Waals surface area contributed by atoms with Crippen LogP contribution in [-0.2, 0) is 20.9 Å². The summed E-state index contributed by atoms with van der Waals surface area (Å²) in [5.74, 6) is -0.897. The highest BCUT2D eigenvalue weighted by Gasteiger charge is 2.58. The first kappa shape index (κ1) is 17.4. The molecular formula is C18H22FN3O3. The molecule has 1 aromatic carbocycles. The van der Waals surface area contributed by atoms with E-state index in [4.69, 9.17) is 0 Å². The van der Waals surface area contributed by atoms with Crippen molar-refractivity contribution in [1.82, 2.24) is 15.1 Å². The number of carbonyl (C=O) groups is 3. The number of hydrogen-bond donors (Lipinski definition) is 1. The molecule has 134 valence electrons. The van der Waals surface area contributed by atoms with Gasteiger partial charge in [-0.1, -0.05) is 18.2 Å². The van der Waals surface area contributed by atoms with E-state index in [9.17, 15) is 18.8 Å². The van der Waals surface area contributed by atoms with Gasteiger partial charge in [0.15, 0.2) is 0 Å². The lowest BCUT2D eigenvalue weighted by Crippen LogP contribution is -2.54. The van der Waals surface area contributed by atoms with Crippen LogP contribution in [0.1, 0.15) is 25.3 Å². The summed E-state index contributed by atoms with van der Waals surface area (Å²) >= 11 is 0. The number of nitrogens with zero attached hydrogens (tertiary/aromatic N) is 2. The lowest BCUT2D eigenvalue weighted by atomic mass is 10.0. The molecule has 1 aliphatic heterocycles. The molecule has 1 aromatic rings. The first-order valence-corrected chi connectivity index (χ1v) is 8.51. The van der Waals surface area contributed by atoms with E-state index in [1.807, 2.05) is 0 Å². The predicted molar refractivity (Wildman–Crippen MR) is 88.7 cm³/mol. The van der Waals surface area contributed by atoms with Crippen LogP contribution in [0.2, 0.25) is 0 Å². The second-order valence-electron chi connectivity index (χ2n) is 6.65. The maximum Gasteiger partial charge on any atom is 0.238 e. The molecule has 6 nitrogen and oxygen atoms in total. The number of nitrogens with one attached hydrogen (secondary N) is 1. The van der Waals surface area contributed by atoms with E-state index < -0.39 is 5.41 Å². The van der Waals surface area contributed by atoms with Crippen molar-refractivity contribution in [2.24, 2.45) is 5.41 Å². The molecular weight excluding hydrogens is 325 g/mol. The van der Waals surface area contributed by atoms with Gasteiger partial charge in [-0.05, 0) is 18.9 Å². The van der Waals surface area contributed by atoms with Crippen molar-refractivity contribution in [2.45, 2.75) is 26.3 Å². The average molecular weight is 347 g/mol. The third-order valence-electron chi connectivity index (χ3n) is 5.00. The van der Waals surface area contributed by atoms with Gasteiger partial charge in [0.2, 0.25) is 17.7 Å². The van der Waals surface area contributed by atoms with Crippen LogP contribution < -0.4 is 5.32 Å². The Hall–Kier alpha value is -2.44. The first-order valence-electron chi connectivity index (χ1n) is 8.51. The molecule has 3 amide bonds. The van der Waals surface area contributed by atoms with Crippen molar-refractivity contribution in [3.63, 3.8) is 0 Å². The van der Waals surface area contributed by atoms with Crippen molar-refractivity contribution in [2.75, 3.05) is 26.2 Å². The summed E-state index contributed by atoms with van der Waals surface area (Å²) in [6.45, 7) is 3.46. The predicted octanol–water partition coefficient (Wildman–Crippen LogP) is 0.913. The minimum absolute atomic E-state index is 0.00383. The van der Waals surface area contributed by atoms with E-state index in [1.54, 1.807) is 28.0 Å². The Balaban J connectivity index is 1.58. The molecule has 1 heterocycles. The zero-order valence-corrected chi connectivity index (χ0v) is 14.3. The number of hydrogen-bond acceptors (Lipinski definition) is 3. The average Bonchev–Trinajstić information content (AvgIpc) is 3.42. The van der Waals surface area contributed by atoms with E-state index in [2.05, 4.69) is 5.32 Å². The first-order chi connectivity index (χ1) is 11.9. The van der Waals surface area contributed by atoms with Crippen LogP contribution in [0, 0.1) is 11.2 Å². The normalized spacial score (nSPS) is 18.6. The number of carbonyl (C=O) groups excluding carboxylic acids is 3. The fourth-order valence-electron chi connectivity index (χ4n) is 3.18. The zero-order valence-electron chi connectivity index (χ0n) is 14.3. The van der Waals surface area contributed by atoms with Crippen molar-refractivity contribution in [3.05, 3.63) is 35.6 Å². The Morgan fingerprint density at radius 3 is 2.24 bits per heavy atom. The molecule has 0 unspecified atom stereocenters. The van der Waals surface area contributed by atoms with Gasteiger partial charge in [0, 0.05) is 45.2 Å². The van der Waals surface area contributed by atoms with Gasteiger partial charge in [-0.2, -0.15) is 0 Å². The molecule has 1 aliphatic carbocycles. The molecule has 3 rings (SSSR count). The highest BCUT2D eigenvalue weighted by Crippen LogP contribution is 2.47. The minimum Gasteiger partial charge on any atom is -0.351 e. The van der Waals surface area contributed by atoms with Crippen LogP contribution in [0.5, 0.6) is 0 Å². The Morgan fingerprint density at radius 1 is 1.08 bits per heavy atom. The standard InChI is InChI=1S/C18H22FN3O3/c1-13(23)21-8-10-22(11-9-21)17(25)18(6-7-18)16(24)20-12-14-4-2-3-5-15(14)19/h2-5H,6-12H2,1H3,(H,20,24). The van der Waals surface area contributed by atoms with Gasteiger partial charge in [0.25, 0.3) is 0 Å². The van der Waals surface area contributed by atoms with Crippen molar-refractivity contribution in [3.8, 4) is 0 Å². The van der Waals surface area contributed by atoms with Gasteiger partial charge in [-0.15, -0.1) is 0 Å². The number of benzene rings is 1. The molecule has 0 aromatic heterocycles. The molecule has 7 heteroatoms. The van der Waals surface area contributed by atoms with Crippen LogP contribution in [-0.4, -0.2) is 53.7 Å². The van der Waals surface area contributed by atoms with Crippen LogP contribution in [0.25, 0.3) is 0 Å². The van der Waals surface area contributed by atoms with E-state index in [1.165, 1.54) is 13.0 Å². The van der Waals surface area contributed by atoms with Gasteiger partial charge in [-0.25, -0.2) is 4.39 Å². The van der Waals surface area contributed by atoms with Gasteiger partial charge in [0.05, 0.1) is 0 Å². The number of piperazine rings is 1. The molecule has 0 radical (unpaired) electrons. The van der Waals surface area contributed by atoms with E-state index in [0.29, 0.717) is 44.6 Å². The van der Waals surface area contributed by atoms with Crippen LogP contribution >= 0.6 is 0 Å². The van der Waals surface area contributed by atoms with Crippen molar-refractivity contribution < 1.29 is 18.8 Å². The Bertz CT molecular complexity index is 695. The summed E-state index contributed by atoms with van der Waals surface area (Å²) in [6.07, 6.45) is 1.03. The third-order valence-corrected chi connectivity index (χ3v) is 5.00. The van der Waals surface area contributed by atoms with Crippen molar-refractivity contribution >= 4 is 17.7 Å². The van der Waals surface area contributed by atoms with Gasteiger partial charge in [-0.3, -0.25) is 14.4 Å². The Kier molecular flexibility index (Phi) is 4.74. The van der Waals surface area contributed by atoms with Crippen LogP contribution in [0.3, 0.4) is 0 Å². The van der Waals surface area contributed by atoms with Gasteiger partial charge < -0.3 is 15.1 Å². The Morgan fingerprint density at radius 2 is 1.68 bits per heavy atom. The fourth-order valence-corrected chi connectivity index (χ4v) is 3.18. The summed E-state index contributed by atoms with van der Waals surface area (Å²) in [4.78, 5) is 40.0. The maximum atomic E-state index is 13.6. The highest BCUT2D eigenvalue weighted by atomic mass is 19.1. The SMILES string of the molecule is CC(=O)N1CCN(C(=O)C2(C(=O)NCc3ccccc3F)CC2)CC1. The zero-order chi connectivity index (χ0) is 18.0. The Labute approximate surface area is 146 Å². The third kappa shape index (κ3) is 3.50. The summed E-state index contributed by atoms with van der Waals surface area (Å²) in [6, 6.07) is 6.25. The molecule has 1 saturated carbocycles. The quantitative estimate of drug-likeness (QED) is 0.823. The van der Waals surface area contributed by atoms with Crippen molar-refractivity contribution in [1.29, 1.82) is 0 Å².